The van der Waals surface area contributed by atoms with Gasteiger partial charge in [0.05, 0.1) is 35.6 Å². The number of thiazole rings is 1. The van der Waals surface area contributed by atoms with Gasteiger partial charge < -0.3 is 14.6 Å². The molecule has 0 saturated heterocycles. The molecule has 1 aromatic heterocycles. The molecule has 3 aromatic rings. The Balaban J connectivity index is 1.94. The maximum absolute atomic E-state index is 13.5. The third-order valence-electron chi connectivity index (χ3n) is 5.12. The van der Waals surface area contributed by atoms with Crippen molar-refractivity contribution in [3.63, 3.8) is 0 Å². The maximum Gasteiger partial charge on any atom is 0.338 e. The van der Waals surface area contributed by atoms with Gasteiger partial charge in [0.25, 0.3) is 5.56 Å². The third kappa shape index (κ3) is 3.97. The smallest absolute Gasteiger partial charge is 0.338 e. The Morgan fingerprint density at radius 2 is 2.00 bits per heavy atom. The Labute approximate surface area is 188 Å². The lowest BCUT2D eigenvalue weighted by Crippen LogP contribution is -2.39. The van der Waals surface area contributed by atoms with Crippen molar-refractivity contribution in [3.05, 3.63) is 90.6 Å². The predicted molar refractivity (Wildman–Crippen MR) is 121 cm³/mol. The predicted octanol–water partition coefficient (Wildman–Crippen LogP) is 2.51. The Morgan fingerprint density at radius 1 is 1.25 bits per heavy atom. The first-order valence-electron chi connectivity index (χ1n) is 10.1. The van der Waals surface area contributed by atoms with Crippen molar-refractivity contribution in [1.82, 2.24) is 4.57 Å². The fraction of sp³-hybridized carbons (Fsp3) is 0.208. The van der Waals surface area contributed by atoms with Gasteiger partial charge in [-0.15, -0.1) is 0 Å². The minimum absolute atomic E-state index is 0.114. The molecule has 0 aliphatic carbocycles. The molecule has 0 spiro atoms. The van der Waals surface area contributed by atoms with Crippen LogP contribution < -0.4 is 19.6 Å². The van der Waals surface area contributed by atoms with Crippen LogP contribution in [-0.2, 0) is 9.53 Å². The highest BCUT2D eigenvalue weighted by molar-refractivity contribution is 7.07. The summed E-state index contributed by atoms with van der Waals surface area (Å²) >= 11 is 1.24. The quantitative estimate of drug-likeness (QED) is 0.604. The standard InChI is InChI=1S/C24H22N2O5S/c1-4-31-23(29)20-14(2)25-24-26(21(20)16-8-10-18(30-3)11-9-16)22(28)19(32-24)13-15-6-5-7-17(27)12-15/h5-13,21,27H,4H2,1-3H3/b19-13+. The van der Waals surface area contributed by atoms with E-state index >= 15 is 0 Å². The van der Waals surface area contributed by atoms with Gasteiger partial charge in [0, 0.05) is 0 Å². The molecule has 164 valence electrons. The molecule has 8 heteroatoms. The fourth-order valence-corrected chi connectivity index (χ4v) is 4.71. The van der Waals surface area contributed by atoms with E-state index in [-0.39, 0.29) is 17.9 Å². The summed E-state index contributed by atoms with van der Waals surface area (Å²) in [4.78, 5) is 31.4. The largest absolute Gasteiger partial charge is 0.508 e. The number of carbonyl (C=O) groups is 1. The van der Waals surface area contributed by atoms with Crippen LogP contribution in [0.4, 0.5) is 0 Å². The third-order valence-corrected chi connectivity index (χ3v) is 6.10. The van der Waals surface area contributed by atoms with E-state index in [1.54, 1.807) is 63.4 Å². The van der Waals surface area contributed by atoms with E-state index in [1.807, 2.05) is 12.1 Å². The van der Waals surface area contributed by atoms with Crippen LogP contribution in [0.5, 0.6) is 11.5 Å². The van der Waals surface area contributed by atoms with Crippen molar-refractivity contribution in [2.45, 2.75) is 19.9 Å². The second-order valence-corrected chi connectivity index (χ2v) is 8.18. The number of carbonyl (C=O) groups excluding carboxylic acids is 1. The van der Waals surface area contributed by atoms with Crippen LogP contribution in [0.25, 0.3) is 6.08 Å². The summed E-state index contributed by atoms with van der Waals surface area (Å²) in [5.41, 5.74) is 2.00. The molecule has 1 aliphatic heterocycles. The number of methoxy groups -OCH3 is 1. The molecule has 0 radical (unpaired) electrons. The van der Waals surface area contributed by atoms with Crippen LogP contribution in [0.2, 0.25) is 0 Å². The van der Waals surface area contributed by atoms with Crippen LogP contribution >= 0.6 is 11.3 Å². The molecule has 0 saturated carbocycles. The Bertz CT molecular complexity index is 1380. The second-order valence-electron chi connectivity index (χ2n) is 7.17. The van der Waals surface area contributed by atoms with Crippen molar-refractivity contribution in [2.24, 2.45) is 4.99 Å². The Morgan fingerprint density at radius 3 is 2.66 bits per heavy atom. The van der Waals surface area contributed by atoms with Crippen LogP contribution in [0.15, 0.2) is 69.6 Å². The van der Waals surface area contributed by atoms with Gasteiger partial charge in [0.2, 0.25) is 0 Å². The SMILES string of the molecule is CCOC(=O)C1=C(C)N=c2s/c(=C/c3cccc(O)c3)c(=O)n2C1c1ccc(OC)cc1. The van der Waals surface area contributed by atoms with Gasteiger partial charge >= 0.3 is 5.97 Å². The number of esters is 1. The first kappa shape index (κ1) is 21.6. The fourth-order valence-electron chi connectivity index (χ4n) is 3.66. The van der Waals surface area contributed by atoms with Gasteiger partial charge in [0.15, 0.2) is 4.80 Å². The highest BCUT2D eigenvalue weighted by atomic mass is 32.1. The van der Waals surface area contributed by atoms with E-state index in [0.29, 0.717) is 31.9 Å². The van der Waals surface area contributed by atoms with Gasteiger partial charge in [-0.25, -0.2) is 9.79 Å². The van der Waals surface area contributed by atoms with Crippen molar-refractivity contribution in [1.29, 1.82) is 0 Å². The van der Waals surface area contributed by atoms with Crippen LogP contribution in [0, 0.1) is 0 Å². The molecule has 1 atom stereocenters. The van der Waals surface area contributed by atoms with Gasteiger partial charge in [-0.2, -0.15) is 0 Å². The summed E-state index contributed by atoms with van der Waals surface area (Å²) in [6.45, 7) is 3.70. The van der Waals surface area contributed by atoms with Crippen molar-refractivity contribution < 1.29 is 19.4 Å². The van der Waals surface area contributed by atoms with Crippen molar-refractivity contribution >= 4 is 23.4 Å². The molecule has 1 aliphatic rings. The Kier molecular flexibility index (Phi) is 5.96. The second kappa shape index (κ2) is 8.84. The summed E-state index contributed by atoms with van der Waals surface area (Å²) in [6, 6.07) is 13.2. The normalized spacial score (nSPS) is 15.8. The molecule has 2 aromatic carbocycles. The van der Waals surface area contributed by atoms with E-state index in [4.69, 9.17) is 9.47 Å². The van der Waals surface area contributed by atoms with Gasteiger partial charge in [-0.3, -0.25) is 9.36 Å². The van der Waals surface area contributed by atoms with Crippen LogP contribution in [0.3, 0.4) is 0 Å². The van der Waals surface area contributed by atoms with Crippen LogP contribution in [-0.4, -0.2) is 29.4 Å². The highest BCUT2D eigenvalue weighted by Gasteiger charge is 2.33. The zero-order valence-corrected chi connectivity index (χ0v) is 18.7. The lowest BCUT2D eigenvalue weighted by molar-refractivity contribution is -0.139. The first-order valence-corrected chi connectivity index (χ1v) is 10.9. The maximum atomic E-state index is 13.5. The van der Waals surface area contributed by atoms with Gasteiger partial charge in [-0.05, 0) is 55.3 Å². The minimum atomic E-state index is -0.678. The van der Waals surface area contributed by atoms with Gasteiger partial charge in [0.1, 0.15) is 11.5 Å². The monoisotopic (exact) mass is 450 g/mol. The number of rotatable bonds is 5. The van der Waals surface area contributed by atoms with E-state index in [1.165, 1.54) is 15.9 Å². The number of ether oxygens (including phenoxy) is 2. The summed E-state index contributed by atoms with van der Waals surface area (Å²) < 4.78 is 12.5. The topological polar surface area (TPSA) is 90.1 Å². The summed E-state index contributed by atoms with van der Waals surface area (Å²) in [5.74, 6) is 0.281. The van der Waals surface area contributed by atoms with Crippen LogP contribution in [0.1, 0.15) is 31.0 Å². The number of allylic oxidation sites excluding steroid dienone is 1. The van der Waals surface area contributed by atoms with Gasteiger partial charge in [-0.1, -0.05) is 35.6 Å². The molecule has 4 rings (SSSR count). The minimum Gasteiger partial charge on any atom is -0.508 e. The molecule has 0 amide bonds. The number of aromatic nitrogens is 1. The van der Waals surface area contributed by atoms with Crippen molar-refractivity contribution in [2.75, 3.05) is 13.7 Å². The molecule has 0 fully saturated rings. The molecule has 0 bridgehead atoms. The average molecular weight is 451 g/mol. The van der Waals surface area contributed by atoms with E-state index in [2.05, 4.69) is 4.99 Å². The molecular weight excluding hydrogens is 428 g/mol. The van der Waals surface area contributed by atoms with E-state index in [9.17, 15) is 14.7 Å². The highest BCUT2D eigenvalue weighted by Crippen LogP contribution is 2.31. The number of benzene rings is 2. The first-order chi connectivity index (χ1) is 15.4. The number of nitrogens with zero attached hydrogens (tertiary/aromatic N) is 2. The van der Waals surface area contributed by atoms with Crippen molar-refractivity contribution in [3.8, 4) is 11.5 Å². The number of aromatic hydroxyl groups is 1. The lowest BCUT2D eigenvalue weighted by atomic mass is 9.96. The number of phenolic OH excluding ortho intramolecular Hbond substituents is 1. The number of hydrogen-bond acceptors (Lipinski definition) is 7. The lowest BCUT2D eigenvalue weighted by Gasteiger charge is -2.24. The Hall–Kier alpha value is -3.65. The summed E-state index contributed by atoms with van der Waals surface area (Å²) in [6.07, 6.45) is 1.71. The number of phenols is 1. The summed E-state index contributed by atoms with van der Waals surface area (Å²) in [5, 5.41) is 9.75. The number of hydrogen-bond donors (Lipinski definition) is 1. The zero-order valence-electron chi connectivity index (χ0n) is 17.9. The number of fused-ring (bicyclic) bond motifs is 1. The zero-order chi connectivity index (χ0) is 22.8. The molecule has 2 heterocycles. The molecular formula is C24H22N2O5S. The molecule has 1 unspecified atom stereocenters. The van der Waals surface area contributed by atoms with E-state index in [0.717, 1.165) is 5.56 Å². The molecule has 1 N–H and O–H groups in total. The molecule has 32 heavy (non-hydrogen) atoms. The summed E-state index contributed by atoms with van der Waals surface area (Å²) in [7, 11) is 1.58. The molecule has 7 nitrogen and oxygen atoms in total. The van der Waals surface area contributed by atoms with E-state index < -0.39 is 12.0 Å². The average Bonchev–Trinajstić information content (AvgIpc) is 3.07.